The predicted molar refractivity (Wildman–Crippen MR) is 188 cm³/mol. The number of carbonyl (C=O) groups is 2. The van der Waals surface area contributed by atoms with Crippen molar-refractivity contribution in [1.82, 2.24) is 15.2 Å². The Hall–Kier alpha value is -4.41. The molecule has 0 spiro atoms. The number of hydrogen-bond acceptors (Lipinski definition) is 7. The van der Waals surface area contributed by atoms with Gasteiger partial charge in [-0.1, -0.05) is 79.2 Å². The van der Waals surface area contributed by atoms with Gasteiger partial charge in [0.1, 0.15) is 0 Å². The minimum Gasteiger partial charge on any atom is -0.481 e. The average Bonchev–Trinajstić information content (AvgIpc) is 3.13. The van der Waals surface area contributed by atoms with E-state index in [-0.39, 0.29) is 31.1 Å². The Kier molecular flexibility index (Phi) is 13.5. The van der Waals surface area contributed by atoms with Gasteiger partial charge in [-0.3, -0.25) is 14.6 Å². The average molecular weight is 666 g/mol. The third-order valence-corrected chi connectivity index (χ3v) is 8.83. The number of pyridine rings is 1. The van der Waals surface area contributed by atoms with E-state index in [1.54, 1.807) is 0 Å². The number of carbonyl (C=O) groups excluding carboxylic acids is 1. The number of ether oxygens (including phenoxy) is 2. The maximum absolute atomic E-state index is 12.3. The van der Waals surface area contributed by atoms with Gasteiger partial charge in [-0.2, -0.15) is 0 Å². The third-order valence-electron chi connectivity index (χ3n) is 8.83. The largest absolute Gasteiger partial charge is 0.481 e. The van der Waals surface area contributed by atoms with Crippen LogP contribution in [0.25, 0.3) is 11.1 Å². The van der Waals surface area contributed by atoms with Crippen molar-refractivity contribution in [3.63, 3.8) is 0 Å². The zero-order chi connectivity index (χ0) is 34.4. The number of carboxylic acid groups (broad SMARTS) is 1. The summed E-state index contributed by atoms with van der Waals surface area (Å²) >= 11 is 0. The van der Waals surface area contributed by atoms with Crippen LogP contribution in [0.4, 0.5) is 0 Å². The van der Waals surface area contributed by atoms with Crippen LogP contribution in [0.5, 0.6) is 0 Å². The first-order valence-corrected chi connectivity index (χ1v) is 17.1. The number of amides is 1. The van der Waals surface area contributed by atoms with E-state index in [2.05, 4.69) is 64.7 Å². The van der Waals surface area contributed by atoms with Crippen molar-refractivity contribution in [2.75, 3.05) is 20.1 Å². The summed E-state index contributed by atoms with van der Waals surface area (Å²) < 4.78 is 13.1. The van der Waals surface area contributed by atoms with Gasteiger partial charge >= 0.3 is 5.97 Å². The van der Waals surface area contributed by atoms with Gasteiger partial charge in [0.05, 0.1) is 18.8 Å². The monoisotopic (exact) mass is 665 g/mol. The molecule has 1 amide bonds. The molecule has 3 aromatic carbocycles. The number of likely N-dealkylation sites (N-methyl/N-ethyl adjacent to an activating group) is 1. The zero-order valence-electron chi connectivity index (χ0n) is 28.2. The van der Waals surface area contributed by atoms with Crippen LogP contribution in [-0.4, -0.2) is 58.2 Å². The number of aliphatic carboxylic acids is 1. The molecule has 5 rings (SSSR count). The van der Waals surface area contributed by atoms with Gasteiger partial charge in [0.15, 0.2) is 6.29 Å². The highest BCUT2D eigenvalue weighted by molar-refractivity contribution is 5.76. The maximum Gasteiger partial charge on any atom is 0.303 e. The minimum atomic E-state index is -0.800. The van der Waals surface area contributed by atoms with Crippen LogP contribution in [0.15, 0.2) is 97.2 Å². The van der Waals surface area contributed by atoms with E-state index in [1.807, 2.05) is 54.7 Å². The maximum atomic E-state index is 12.3. The van der Waals surface area contributed by atoms with Crippen molar-refractivity contribution in [1.29, 1.82) is 0 Å². The molecule has 4 aromatic rings. The smallest absolute Gasteiger partial charge is 0.303 e. The summed E-state index contributed by atoms with van der Waals surface area (Å²) in [6, 6.07) is 30.3. The number of aliphatic hydroxyl groups excluding tert-OH is 1. The lowest BCUT2D eigenvalue weighted by Gasteiger charge is -2.38. The first-order chi connectivity index (χ1) is 23.9. The van der Waals surface area contributed by atoms with E-state index in [9.17, 15) is 14.7 Å². The molecule has 0 radical (unpaired) electrons. The lowest BCUT2D eigenvalue weighted by atomic mass is 9.99. The van der Waals surface area contributed by atoms with Gasteiger partial charge in [-0.15, -0.1) is 0 Å². The minimum absolute atomic E-state index is 0.00268. The summed E-state index contributed by atoms with van der Waals surface area (Å²) in [7, 11) is 2.11. The quantitative estimate of drug-likeness (QED) is 0.108. The number of benzene rings is 3. The Morgan fingerprint density at radius 3 is 2.37 bits per heavy atom. The molecule has 1 aliphatic heterocycles. The number of aromatic nitrogens is 1. The van der Waals surface area contributed by atoms with E-state index in [4.69, 9.17) is 14.6 Å². The molecular formula is C40H47N3O6. The lowest BCUT2D eigenvalue weighted by Crippen LogP contribution is -2.38. The van der Waals surface area contributed by atoms with Gasteiger partial charge < -0.3 is 29.9 Å². The highest BCUT2D eigenvalue weighted by atomic mass is 16.7. The summed E-state index contributed by atoms with van der Waals surface area (Å²) in [4.78, 5) is 29.7. The number of hydrogen-bond donors (Lipinski definition) is 3. The summed E-state index contributed by atoms with van der Waals surface area (Å²) in [5.74, 6) is -0.830. The third kappa shape index (κ3) is 11.3. The SMILES string of the molecule is CN(CCc1ccccn1)CC1CC(c2ccc(CO)cc2)OC(c2ccc(-c3cccc(CNC(=O)CCCCCC(=O)O)c3)cc2)O1. The Morgan fingerprint density at radius 2 is 1.63 bits per heavy atom. The molecule has 49 heavy (non-hydrogen) atoms. The van der Waals surface area contributed by atoms with Gasteiger partial charge in [0.2, 0.25) is 5.91 Å². The number of aliphatic hydroxyl groups is 1. The van der Waals surface area contributed by atoms with Crippen LogP contribution in [0.2, 0.25) is 0 Å². The van der Waals surface area contributed by atoms with Crippen molar-refractivity contribution in [2.24, 2.45) is 0 Å². The van der Waals surface area contributed by atoms with Crippen LogP contribution in [-0.2, 0) is 38.6 Å². The molecule has 9 heteroatoms. The summed E-state index contributed by atoms with van der Waals surface area (Å²) in [5, 5.41) is 21.3. The van der Waals surface area contributed by atoms with Gasteiger partial charge in [0.25, 0.3) is 0 Å². The lowest BCUT2D eigenvalue weighted by molar-refractivity contribution is -0.252. The van der Waals surface area contributed by atoms with Crippen molar-refractivity contribution in [3.05, 3.63) is 125 Å². The Morgan fingerprint density at radius 1 is 0.857 bits per heavy atom. The number of carboxylic acids is 1. The molecule has 1 saturated heterocycles. The molecule has 3 N–H and O–H groups in total. The highest BCUT2D eigenvalue weighted by Crippen LogP contribution is 2.38. The van der Waals surface area contributed by atoms with Gasteiger partial charge in [-0.05, 0) is 65.9 Å². The van der Waals surface area contributed by atoms with E-state index >= 15 is 0 Å². The van der Waals surface area contributed by atoms with Crippen molar-refractivity contribution >= 4 is 11.9 Å². The molecule has 1 aromatic heterocycles. The zero-order valence-corrected chi connectivity index (χ0v) is 28.2. The molecule has 3 unspecified atom stereocenters. The van der Waals surface area contributed by atoms with Crippen LogP contribution in [0.3, 0.4) is 0 Å². The van der Waals surface area contributed by atoms with Gasteiger partial charge in [0, 0.05) is 62.8 Å². The molecule has 1 fully saturated rings. The number of nitrogens with zero attached hydrogens (tertiary/aromatic N) is 2. The van der Waals surface area contributed by atoms with Crippen molar-refractivity contribution < 1.29 is 29.3 Å². The van der Waals surface area contributed by atoms with E-state index in [0.29, 0.717) is 25.8 Å². The number of unbranched alkanes of at least 4 members (excludes halogenated alkanes) is 2. The van der Waals surface area contributed by atoms with E-state index in [1.165, 1.54) is 0 Å². The first-order valence-electron chi connectivity index (χ1n) is 17.1. The summed E-state index contributed by atoms with van der Waals surface area (Å²) in [6.45, 7) is 2.05. The number of rotatable bonds is 17. The molecule has 1 aliphatic rings. The van der Waals surface area contributed by atoms with Crippen LogP contribution in [0.1, 0.15) is 78.9 Å². The molecule has 0 saturated carbocycles. The highest BCUT2D eigenvalue weighted by Gasteiger charge is 2.32. The fourth-order valence-electron chi connectivity index (χ4n) is 6.04. The van der Waals surface area contributed by atoms with E-state index < -0.39 is 12.3 Å². The second-order valence-corrected chi connectivity index (χ2v) is 12.7. The van der Waals surface area contributed by atoms with E-state index in [0.717, 1.165) is 71.4 Å². The Bertz CT molecular complexity index is 1610. The molecule has 9 nitrogen and oxygen atoms in total. The Balaban J connectivity index is 1.21. The molecule has 0 bridgehead atoms. The molecule has 0 aliphatic carbocycles. The van der Waals surface area contributed by atoms with Crippen molar-refractivity contribution in [2.45, 2.75) is 76.6 Å². The molecule has 258 valence electrons. The first kappa shape index (κ1) is 35.9. The van der Waals surface area contributed by atoms with Crippen LogP contribution < -0.4 is 5.32 Å². The summed E-state index contributed by atoms with van der Waals surface area (Å²) in [5.41, 5.74) is 7.03. The fraction of sp³-hybridized carbons (Fsp3) is 0.375. The Labute approximate surface area is 288 Å². The number of nitrogens with one attached hydrogen (secondary N) is 1. The molecular weight excluding hydrogens is 618 g/mol. The van der Waals surface area contributed by atoms with Crippen LogP contribution in [0, 0.1) is 0 Å². The topological polar surface area (TPSA) is 121 Å². The molecule has 2 heterocycles. The second-order valence-electron chi connectivity index (χ2n) is 12.7. The normalized spacial score (nSPS) is 17.6. The standard InChI is InChI=1S/C40H47N3O6/c1-43(23-21-35-10-5-6-22-41-35)27-36-25-37(32-15-13-29(28-44)14-16-32)49-40(48-36)33-19-17-31(18-20-33)34-9-7-8-30(24-34)26-42-38(45)11-3-2-4-12-39(46)47/h5-10,13-20,22,24,36-37,40,44H,2-4,11-12,21,23,25-28H2,1H3,(H,42,45)(H,46,47). The van der Waals surface area contributed by atoms with Crippen LogP contribution >= 0.6 is 0 Å². The van der Waals surface area contributed by atoms with Crippen molar-refractivity contribution in [3.8, 4) is 11.1 Å². The molecule has 3 atom stereocenters. The van der Waals surface area contributed by atoms with Gasteiger partial charge in [-0.25, -0.2) is 0 Å². The predicted octanol–water partition coefficient (Wildman–Crippen LogP) is 6.61. The second kappa shape index (κ2) is 18.4. The fourth-order valence-corrected chi connectivity index (χ4v) is 6.04. The summed E-state index contributed by atoms with van der Waals surface area (Å²) in [6.07, 6.45) is 5.20.